The molecule has 7 heteroatoms. The normalized spacial score (nSPS) is 18.8. The van der Waals surface area contributed by atoms with Gasteiger partial charge in [-0.1, -0.05) is 38.5 Å². The third-order valence-corrected chi connectivity index (χ3v) is 5.15. The summed E-state index contributed by atoms with van der Waals surface area (Å²) < 4.78 is 4.18. The first-order chi connectivity index (χ1) is 12.1. The number of nitrogens with two attached hydrogens (primary N) is 1. The first-order valence-corrected chi connectivity index (χ1v) is 9.21. The minimum atomic E-state index is -0.857. The summed E-state index contributed by atoms with van der Waals surface area (Å²) in [6.45, 7) is 2.06. The van der Waals surface area contributed by atoms with Gasteiger partial charge in [0.05, 0.1) is 6.61 Å². The third-order valence-electron chi connectivity index (χ3n) is 5.15. The zero-order valence-corrected chi connectivity index (χ0v) is 15.0. The van der Waals surface area contributed by atoms with E-state index in [0.717, 1.165) is 51.4 Å². The summed E-state index contributed by atoms with van der Waals surface area (Å²) >= 11 is 0. The van der Waals surface area contributed by atoms with Crippen molar-refractivity contribution >= 4 is 18.3 Å². The van der Waals surface area contributed by atoms with Gasteiger partial charge in [-0.05, 0) is 32.6 Å². The zero-order chi connectivity index (χ0) is 18.5. The van der Waals surface area contributed by atoms with Crippen LogP contribution in [0.5, 0.6) is 0 Å². The molecule has 2 aliphatic carbocycles. The first-order valence-electron chi connectivity index (χ1n) is 9.21. The van der Waals surface area contributed by atoms with Crippen LogP contribution in [-0.2, 0) is 14.3 Å². The van der Waals surface area contributed by atoms with E-state index in [9.17, 15) is 14.4 Å². The number of carbonyl (C=O) groups excluding carboxylic acids is 3. The summed E-state index contributed by atoms with van der Waals surface area (Å²) in [4.78, 5) is 39.5. The van der Waals surface area contributed by atoms with Crippen molar-refractivity contribution in [1.29, 1.82) is 0 Å². The fraction of sp³-hybridized carbons (Fsp3) is 0.833. The van der Waals surface area contributed by atoms with Crippen molar-refractivity contribution < 1.29 is 19.1 Å². The molecule has 0 spiro atoms. The van der Waals surface area contributed by atoms with Gasteiger partial charge in [0.1, 0.15) is 0 Å². The van der Waals surface area contributed by atoms with Crippen LogP contribution in [0.1, 0.15) is 71.1 Å². The molecule has 0 heterocycles. The highest BCUT2D eigenvalue weighted by atomic mass is 16.5. The Morgan fingerprint density at radius 2 is 1.36 bits per heavy atom. The van der Waals surface area contributed by atoms with Crippen molar-refractivity contribution in [2.45, 2.75) is 76.8 Å². The number of nitrogens with zero attached hydrogens (tertiary/aromatic N) is 2. The van der Waals surface area contributed by atoms with E-state index in [0.29, 0.717) is 6.61 Å². The highest BCUT2D eigenvalue weighted by molar-refractivity contribution is 5.64. The summed E-state index contributed by atoms with van der Waals surface area (Å²) in [5.41, 5.74) is 3.69. The molecule has 0 aromatic rings. The van der Waals surface area contributed by atoms with E-state index in [1.54, 1.807) is 19.1 Å². The van der Waals surface area contributed by atoms with Gasteiger partial charge in [0.25, 0.3) is 0 Å². The molecule has 140 valence electrons. The number of primary amides is 1. The Bertz CT molecular complexity index is 460. The lowest BCUT2D eigenvalue weighted by atomic mass is 9.69. The molecule has 7 nitrogen and oxygen atoms in total. The van der Waals surface area contributed by atoms with Crippen LogP contribution in [0.15, 0.2) is 9.98 Å². The van der Waals surface area contributed by atoms with Gasteiger partial charge in [0.15, 0.2) is 5.66 Å². The standard InChI is InChI=1S/C15H22N2O2.C3H7NO2/c18-11-16-15(17-12-19,13-7-3-1-4-8-13)14-9-5-2-6-10-14;1-2-6-3(4)5/h13-14H,1-10H2;2H2,1H3,(H2,4,5). The smallest absolute Gasteiger partial charge is 0.404 e. The number of ether oxygens (including phenoxy) is 1. The zero-order valence-electron chi connectivity index (χ0n) is 15.0. The van der Waals surface area contributed by atoms with E-state index >= 15 is 0 Å². The Hall–Kier alpha value is -1.97. The van der Waals surface area contributed by atoms with Gasteiger partial charge in [-0.3, -0.25) is 0 Å². The van der Waals surface area contributed by atoms with Gasteiger partial charge in [-0.25, -0.2) is 14.4 Å². The largest absolute Gasteiger partial charge is 0.450 e. The second-order valence-corrected chi connectivity index (χ2v) is 6.61. The van der Waals surface area contributed by atoms with E-state index in [2.05, 4.69) is 20.5 Å². The maximum absolute atomic E-state index is 10.9. The van der Waals surface area contributed by atoms with E-state index in [1.165, 1.54) is 12.8 Å². The molecule has 0 aromatic heterocycles. The molecule has 0 atom stereocenters. The van der Waals surface area contributed by atoms with Gasteiger partial charge in [0.2, 0.25) is 12.2 Å². The quantitative estimate of drug-likeness (QED) is 0.602. The molecule has 0 bridgehead atoms. The van der Waals surface area contributed by atoms with Crippen LogP contribution in [0.2, 0.25) is 0 Å². The van der Waals surface area contributed by atoms with Crippen molar-refractivity contribution in [3.05, 3.63) is 0 Å². The van der Waals surface area contributed by atoms with Gasteiger partial charge in [-0.15, -0.1) is 0 Å². The minimum absolute atomic E-state index is 0.215. The summed E-state index contributed by atoms with van der Waals surface area (Å²) in [5.74, 6) is 0.430. The average Bonchev–Trinajstić information content (AvgIpc) is 2.63. The predicted octanol–water partition coefficient (Wildman–Crippen LogP) is 3.62. The molecule has 2 rings (SSSR count). The summed E-state index contributed by atoms with van der Waals surface area (Å²) in [6.07, 6.45) is 13.7. The van der Waals surface area contributed by atoms with Crippen molar-refractivity contribution in [3.8, 4) is 0 Å². The average molecular weight is 351 g/mol. The van der Waals surface area contributed by atoms with E-state index in [-0.39, 0.29) is 11.8 Å². The Kier molecular flexibility index (Phi) is 9.75. The second-order valence-electron chi connectivity index (χ2n) is 6.61. The first kappa shape index (κ1) is 21.1. The van der Waals surface area contributed by atoms with Crippen LogP contribution in [0.25, 0.3) is 0 Å². The third kappa shape index (κ3) is 6.45. The van der Waals surface area contributed by atoms with E-state index < -0.39 is 11.8 Å². The molecule has 1 amide bonds. The monoisotopic (exact) mass is 351 g/mol. The lowest BCUT2D eigenvalue weighted by Crippen LogP contribution is -2.43. The number of rotatable bonds is 5. The maximum atomic E-state index is 10.9. The molecule has 2 fully saturated rings. The molecule has 0 aliphatic heterocycles. The lowest BCUT2D eigenvalue weighted by Gasteiger charge is -2.41. The number of aliphatic imine (C=N–C) groups is 2. The topological polar surface area (TPSA) is 111 Å². The molecule has 0 unspecified atom stereocenters. The molecular formula is C18H29N3O4. The molecule has 0 radical (unpaired) electrons. The number of isocyanates is 2. The Balaban J connectivity index is 0.000000450. The van der Waals surface area contributed by atoms with Crippen LogP contribution >= 0.6 is 0 Å². The summed E-state index contributed by atoms with van der Waals surface area (Å²) in [6, 6.07) is 0. The fourth-order valence-corrected chi connectivity index (χ4v) is 4.07. The SMILES string of the molecule is CCOC(N)=O.O=C=NC(N=C=O)(C1CCCCC1)C1CCCCC1. The van der Waals surface area contributed by atoms with Crippen LogP contribution in [0.4, 0.5) is 4.79 Å². The molecule has 2 aliphatic rings. The Morgan fingerprint density at radius 3 is 1.60 bits per heavy atom. The minimum Gasteiger partial charge on any atom is -0.450 e. The second kappa shape index (κ2) is 11.6. The van der Waals surface area contributed by atoms with Crippen molar-refractivity contribution in [2.75, 3.05) is 6.61 Å². The summed E-state index contributed by atoms with van der Waals surface area (Å²) in [5, 5.41) is 0. The molecular weight excluding hydrogens is 322 g/mol. The fourth-order valence-electron chi connectivity index (χ4n) is 4.07. The van der Waals surface area contributed by atoms with Crippen LogP contribution in [-0.4, -0.2) is 30.5 Å². The molecule has 0 aromatic carbocycles. The summed E-state index contributed by atoms with van der Waals surface area (Å²) in [7, 11) is 0. The van der Waals surface area contributed by atoms with Crippen molar-refractivity contribution in [1.82, 2.24) is 0 Å². The van der Waals surface area contributed by atoms with Gasteiger partial charge >= 0.3 is 6.09 Å². The van der Waals surface area contributed by atoms with Gasteiger partial charge in [0, 0.05) is 11.8 Å². The predicted molar refractivity (Wildman–Crippen MR) is 93.3 cm³/mol. The van der Waals surface area contributed by atoms with Crippen LogP contribution in [0, 0.1) is 11.8 Å². The molecule has 25 heavy (non-hydrogen) atoms. The number of carbonyl (C=O) groups is 1. The Labute approximate surface area is 149 Å². The van der Waals surface area contributed by atoms with E-state index in [4.69, 9.17) is 0 Å². The number of amides is 1. The highest BCUT2D eigenvalue weighted by Gasteiger charge is 2.46. The Morgan fingerprint density at radius 1 is 0.960 bits per heavy atom. The van der Waals surface area contributed by atoms with Gasteiger partial charge < -0.3 is 10.5 Å². The molecule has 2 saturated carbocycles. The van der Waals surface area contributed by atoms with Crippen LogP contribution in [0.3, 0.4) is 0 Å². The van der Waals surface area contributed by atoms with Crippen molar-refractivity contribution in [3.63, 3.8) is 0 Å². The molecule has 0 saturated heterocycles. The number of hydrogen-bond acceptors (Lipinski definition) is 6. The van der Waals surface area contributed by atoms with Gasteiger partial charge in [-0.2, -0.15) is 9.98 Å². The van der Waals surface area contributed by atoms with E-state index in [1.807, 2.05) is 0 Å². The van der Waals surface area contributed by atoms with Crippen molar-refractivity contribution in [2.24, 2.45) is 27.6 Å². The maximum Gasteiger partial charge on any atom is 0.404 e. The lowest BCUT2D eigenvalue weighted by molar-refractivity contribution is 0.115. The van der Waals surface area contributed by atoms with Crippen LogP contribution < -0.4 is 5.73 Å². The molecule has 2 N–H and O–H groups in total. The highest BCUT2D eigenvalue weighted by Crippen LogP contribution is 2.45. The number of hydrogen-bond donors (Lipinski definition) is 1.